The molecule has 0 radical (unpaired) electrons. The van der Waals surface area contributed by atoms with Gasteiger partial charge in [-0.2, -0.15) is 0 Å². The first-order chi connectivity index (χ1) is 8.58. The highest BCUT2D eigenvalue weighted by Gasteiger charge is 2.14. The summed E-state index contributed by atoms with van der Waals surface area (Å²) in [4.78, 5) is 20.2. The minimum atomic E-state index is -0.0373. The summed E-state index contributed by atoms with van der Waals surface area (Å²) in [7, 11) is 0. The molecule has 0 aliphatic carbocycles. The second kappa shape index (κ2) is 5.75. The van der Waals surface area contributed by atoms with Crippen molar-refractivity contribution in [3.8, 4) is 10.6 Å². The first kappa shape index (κ1) is 13.4. The van der Waals surface area contributed by atoms with E-state index in [2.05, 4.69) is 37.9 Å². The maximum atomic E-state index is 11.7. The Kier molecular flexibility index (Phi) is 4.28. The average molecular weight is 373 g/mol. The first-order valence-electron chi connectivity index (χ1n) is 5.45. The van der Waals surface area contributed by atoms with Gasteiger partial charge in [-0.05, 0) is 34.7 Å². The third-order valence-electron chi connectivity index (χ3n) is 2.26. The van der Waals surface area contributed by atoms with Gasteiger partial charge in [0.2, 0.25) is 5.91 Å². The first-order valence-corrected chi connectivity index (χ1v) is 7.35. The van der Waals surface area contributed by atoms with E-state index in [1.807, 2.05) is 26.0 Å². The Morgan fingerprint density at radius 1 is 1.50 bits per heavy atom. The largest absolute Gasteiger partial charge is 0.315 e. The van der Waals surface area contributed by atoms with E-state index in [0.717, 1.165) is 19.3 Å². The second-order valence-electron chi connectivity index (χ2n) is 4.02. The molecule has 0 bridgehead atoms. The van der Waals surface area contributed by atoms with Crippen LogP contribution in [0.4, 0.5) is 5.00 Å². The molecule has 1 N–H and O–H groups in total. The number of aromatic nitrogens is 2. The van der Waals surface area contributed by atoms with Crippen LogP contribution >= 0.6 is 33.9 Å². The van der Waals surface area contributed by atoms with Crippen LogP contribution in [-0.4, -0.2) is 15.9 Å². The second-order valence-corrected chi connectivity index (χ2v) is 6.05. The molecular formula is C12H12IN3OS. The number of nitrogens with zero attached hydrogens (tertiary/aromatic N) is 2. The van der Waals surface area contributed by atoms with Crippen molar-refractivity contribution in [1.82, 2.24) is 9.97 Å². The minimum absolute atomic E-state index is 0.00861. The smallest absolute Gasteiger partial charge is 0.227 e. The quantitative estimate of drug-likeness (QED) is 0.840. The van der Waals surface area contributed by atoms with E-state index in [1.54, 1.807) is 12.4 Å². The Balaban J connectivity index is 2.25. The number of carbonyl (C=O) groups excluding carboxylic acids is 1. The van der Waals surface area contributed by atoms with Crippen molar-refractivity contribution in [2.24, 2.45) is 5.92 Å². The molecule has 0 saturated heterocycles. The number of rotatable bonds is 3. The van der Waals surface area contributed by atoms with Crippen molar-refractivity contribution in [1.29, 1.82) is 0 Å². The van der Waals surface area contributed by atoms with Gasteiger partial charge >= 0.3 is 0 Å². The van der Waals surface area contributed by atoms with Gasteiger partial charge in [0, 0.05) is 23.9 Å². The fourth-order valence-electron chi connectivity index (χ4n) is 1.25. The summed E-state index contributed by atoms with van der Waals surface area (Å²) in [6.07, 6.45) is 3.49. The Morgan fingerprint density at radius 2 is 2.28 bits per heavy atom. The molecule has 0 aliphatic heterocycles. The van der Waals surface area contributed by atoms with Crippen LogP contribution in [0, 0.1) is 9.62 Å². The van der Waals surface area contributed by atoms with Gasteiger partial charge in [0.25, 0.3) is 0 Å². The average Bonchev–Trinajstić information content (AvgIpc) is 2.72. The van der Waals surface area contributed by atoms with Gasteiger partial charge in [-0.25, -0.2) is 4.98 Å². The van der Waals surface area contributed by atoms with Crippen molar-refractivity contribution >= 4 is 44.8 Å². The zero-order valence-corrected chi connectivity index (χ0v) is 12.9. The maximum absolute atomic E-state index is 11.7. The van der Waals surface area contributed by atoms with Gasteiger partial charge in [0.1, 0.15) is 13.7 Å². The van der Waals surface area contributed by atoms with Gasteiger partial charge in [-0.1, -0.05) is 25.2 Å². The topological polar surface area (TPSA) is 54.9 Å². The van der Waals surface area contributed by atoms with Crippen LogP contribution in [0.3, 0.4) is 0 Å². The molecule has 2 rings (SSSR count). The van der Waals surface area contributed by atoms with E-state index in [0.29, 0.717) is 0 Å². The van der Waals surface area contributed by atoms with Gasteiger partial charge < -0.3 is 5.32 Å². The Bertz CT molecular complexity index is 554. The number of amides is 1. The lowest BCUT2D eigenvalue weighted by molar-refractivity contribution is -0.118. The molecule has 2 aromatic heterocycles. The third kappa shape index (κ3) is 3.05. The fraction of sp³-hybridized carbons (Fsp3) is 0.250. The van der Waals surface area contributed by atoms with E-state index >= 15 is 0 Å². The van der Waals surface area contributed by atoms with E-state index in [-0.39, 0.29) is 11.8 Å². The lowest BCUT2D eigenvalue weighted by Crippen LogP contribution is -2.17. The van der Waals surface area contributed by atoms with E-state index in [9.17, 15) is 4.79 Å². The fourth-order valence-corrected chi connectivity index (χ4v) is 2.97. The lowest BCUT2D eigenvalue weighted by atomic mass is 10.2. The molecule has 6 heteroatoms. The summed E-state index contributed by atoms with van der Waals surface area (Å²) in [6.45, 7) is 3.73. The molecular weight excluding hydrogens is 361 g/mol. The van der Waals surface area contributed by atoms with Crippen molar-refractivity contribution in [3.05, 3.63) is 28.2 Å². The third-order valence-corrected chi connectivity index (χ3v) is 4.42. The molecule has 2 aromatic rings. The molecule has 0 spiro atoms. The van der Waals surface area contributed by atoms with Crippen molar-refractivity contribution in [3.63, 3.8) is 0 Å². The zero-order chi connectivity index (χ0) is 13.1. The normalized spacial score (nSPS) is 10.7. The van der Waals surface area contributed by atoms with Gasteiger partial charge in [-0.15, -0.1) is 0 Å². The number of nitrogens with one attached hydrogen (secondary N) is 1. The minimum Gasteiger partial charge on any atom is -0.315 e. The maximum Gasteiger partial charge on any atom is 0.227 e. The van der Waals surface area contributed by atoms with Crippen LogP contribution in [0.5, 0.6) is 0 Å². The molecule has 0 unspecified atom stereocenters. The summed E-state index contributed by atoms with van der Waals surface area (Å²) >= 11 is 3.60. The number of carbonyl (C=O) groups is 1. The SMILES string of the molecule is CC(C)C(=O)Nc1sc(-c2cccnc2)nc1I. The monoisotopic (exact) mass is 373 g/mol. The van der Waals surface area contributed by atoms with Crippen LogP contribution in [0.15, 0.2) is 24.5 Å². The molecule has 0 fully saturated rings. The molecule has 0 saturated carbocycles. The number of hydrogen-bond donors (Lipinski definition) is 1. The summed E-state index contributed by atoms with van der Waals surface area (Å²) in [6, 6.07) is 3.83. The van der Waals surface area contributed by atoms with Gasteiger partial charge in [-0.3, -0.25) is 9.78 Å². The van der Waals surface area contributed by atoms with Crippen LogP contribution in [0.1, 0.15) is 13.8 Å². The van der Waals surface area contributed by atoms with Crippen LogP contribution < -0.4 is 5.32 Å². The number of thiazole rings is 1. The highest BCUT2D eigenvalue weighted by atomic mass is 127. The van der Waals surface area contributed by atoms with E-state index < -0.39 is 0 Å². The number of hydrogen-bond acceptors (Lipinski definition) is 4. The van der Waals surface area contributed by atoms with Crippen molar-refractivity contribution in [2.45, 2.75) is 13.8 Å². The van der Waals surface area contributed by atoms with E-state index in [4.69, 9.17) is 0 Å². The highest BCUT2D eigenvalue weighted by Crippen LogP contribution is 2.32. The Hall–Kier alpha value is -1.02. The Morgan fingerprint density at radius 3 is 2.89 bits per heavy atom. The lowest BCUT2D eigenvalue weighted by Gasteiger charge is -2.04. The Labute approximate surface area is 123 Å². The molecule has 4 nitrogen and oxygen atoms in total. The summed E-state index contributed by atoms with van der Waals surface area (Å²) in [5.74, 6) is -0.0287. The molecule has 0 atom stereocenters. The van der Waals surface area contributed by atoms with Crippen molar-refractivity contribution in [2.75, 3.05) is 5.32 Å². The van der Waals surface area contributed by atoms with Crippen LogP contribution in [-0.2, 0) is 4.79 Å². The number of halogens is 1. The zero-order valence-electron chi connectivity index (χ0n) is 9.98. The van der Waals surface area contributed by atoms with Gasteiger partial charge in [0.05, 0.1) is 0 Å². The van der Waals surface area contributed by atoms with Gasteiger partial charge in [0.15, 0.2) is 0 Å². The highest BCUT2D eigenvalue weighted by molar-refractivity contribution is 14.1. The van der Waals surface area contributed by atoms with Crippen LogP contribution in [0.25, 0.3) is 10.6 Å². The molecule has 2 heterocycles. The number of pyridine rings is 1. The number of anilines is 1. The molecule has 94 valence electrons. The summed E-state index contributed by atoms with van der Waals surface area (Å²) in [5.41, 5.74) is 0.963. The molecule has 0 aromatic carbocycles. The molecule has 0 aliphatic rings. The standard InChI is InChI=1S/C12H12IN3OS/c1-7(2)10(17)16-12-9(13)15-11(18-12)8-4-3-5-14-6-8/h3-7H,1-2H3,(H,16,17). The molecule has 1 amide bonds. The van der Waals surface area contributed by atoms with Crippen molar-refractivity contribution < 1.29 is 4.79 Å². The summed E-state index contributed by atoms with van der Waals surface area (Å²) in [5, 5.41) is 4.56. The summed E-state index contributed by atoms with van der Waals surface area (Å²) < 4.78 is 0.811. The van der Waals surface area contributed by atoms with E-state index in [1.165, 1.54) is 11.3 Å². The van der Waals surface area contributed by atoms with Crippen LogP contribution in [0.2, 0.25) is 0 Å². The molecule has 18 heavy (non-hydrogen) atoms. The predicted molar refractivity (Wildman–Crippen MR) is 81.5 cm³/mol. The predicted octanol–water partition coefficient (Wildman–Crippen LogP) is 3.40.